The zero-order chi connectivity index (χ0) is 13.2. The highest BCUT2D eigenvalue weighted by Crippen LogP contribution is 2.43. The van der Waals surface area contributed by atoms with E-state index in [-0.39, 0.29) is 0 Å². The predicted molar refractivity (Wildman–Crippen MR) is 61.2 cm³/mol. The van der Waals surface area contributed by atoms with Crippen molar-refractivity contribution in [1.82, 2.24) is 0 Å². The Morgan fingerprint density at radius 2 is 1.83 bits per heavy atom. The molecule has 5 heteroatoms. The van der Waals surface area contributed by atoms with Gasteiger partial charge >= 0.3 is 0 Å². The van der Waals surface area contributed by atoms with Crippen LogP contribution in [0.4, 0.5) is 8.78 Å². The molecule has 0 amide bonds. The van der Waals surface area contributed by atoms with Crippen molar-refractivity contribution in [2.75, 3.05) is 7.11 Å². The molecule has 0 bridgehead atoms. The third-order valence-electron chi connectivity index (χ3n) is 3.43. The van der Waals surface area contributed by atoms with E-state index in [1.54, 1.807) is 0 Å². The van der Waals surface area contributed by atoms with Gasteiger partial charge in [0.05, 0.1) is 12.6 Å². The van der Waals surface area contributed by atoms with Crippen LogP contribution in [0.25, 0.3) is 0 Å². The number of nitrogens with zero attached hydrogens (tertiary/aromatic N) is 1. The zero-order valence-electron chi connectivity index (χ0n) is 10.0. The minimum atomic E-state index is -0.824. The van der Waals surface area contributed by atoms with Crippen molar-refractivity contribution < 1.29 is 18.3 Å². The van der Waals surface area contributed by atoms with E-state index < -0.39 is 22.9 Å². The lowest BCUT2D eigenvalue weighted by molar-refractivity contribution is 0.355. The summed E-state index contributed by atoms with van der Waals surface area (Å²) in [4.78, 5) is 14.3. The summed E-state index contributed by atoms with van der Waals surface area (Å²) in [6.45, 7) is 0. The first kappa shape index (κ1) is 12.7. The van der Waals surface area contributed by atoms with Crippen LogP contribution >= 0.6 is 0 Å². The molecule has 2 rings (SSSR count). The standard InChI is InChI=1S/C13H13F2NO2/c1-18-12-10(14)6-9(7-11(12)15)13(16-8-17)4-2-3-5-13/h6-7H,2-5H2,1H3. The van der Waals surface area contributed by atoms with Crippen molar-refractivity contribution in [2.45, 2.75) is 31.2 Å². The van der Waals surface area contributed by atoms with Crippen LogP contribution in [0.3, 0.4) is 0 Å². The van der Waals surface area contributed by atoms with Crippen LogP contribution in [0.15, 0.2) is 17.1 Å². The number of benzene rings is 1. The largest absolute Gasteiger partial charge is 0.491 e. The van der Waals surface area contributed by atoms with Crippen LogP contribution in [-0.4, -0.2) is 13.2 Å². The Kier molecular flexibility index (Phi) is 3.43. The molecule has 0 unspecified atom stereocenters. The van der Waals surface area contributed by atoms with Gasteiger partial charge in [-0.05, 0) is 30.5 Å². The highest BCUT2D eigenvalue weighted by atomic mass is 19.1. The fraction of sp³-hybridized carbons (Fsp3) is 0.462. The average Bonchev–Trinajstić information content (AvgIpc) is 2.79. The third kappa shape index (κ3) is 2.02. The Morgan fingerprint density at radius 1 is 1.28 bits per heavy atom. The molecule has 1 aliphatic carbocycles. The summed E-state index contributed by atoms with van der Waals surface area (Å²) >= 11 is 0. The van der Waals surface area contributed by atoms with E-state index in [0.29, 0.717) is 18.4 Å². The van der Waals surface area contributed by atoms with Crippen molar-refractivity contribution in [3.63, 3.8) is 0 Å². The molecule has 18 heavy (non-hydrogen) atoms. The highest BCUT2D eigenvalue weighted by Gasteiger charge is 2.37. The summed E-state index contributed by atoms with van der Waals surface area (Å²) in [6, 6.07) is 2.38. The second kappa shape index (κ2) is 4.86. The Hall–Kier alpha value is -1.74. The molecule has 0 atom stereocenters. The van der Waals surface area contributed by atoms with Crippen molar-refractivity contribution in [3.05, 3.63) is 29.3 Å². The first-order chi connectivity index (χ1) is 8.63. The number of ether oxygens (including phenoxy) is 1. The molecule has 0 spiro atoms. The molecular weight excluding hydrogens is 240 g/mol. The Morgan fingerprint density at radius 3 is 2.28 bits per heavy atom. The molecule has 0 radical (unpaired) electrons. The van der Waals surface area contributed by atoms with Gasteiger partial charge in [-0.1, -0.05) is 12.8 Å². The molecule has 1 aliphatic rings. The first-order valence-corrected chi connectivity index (χ1v) is 5.75. The molecule has 1 saturated carbocycles. The van der Waals surface area contributed by atoms with Crippen molar-refractivity contribution in [1.29, 1.82) is 0 Å². The summed E-state index contributed by atoms with van der Waals surface area (Å²) in [5, 5.41) is 0. The molecule has 1 aromatic carbocycles. The van der Waals surface area contributed by atoms with Crippen LogP contribution in [0.1, 0.15) is 31.2 Å². The van der Waals surface area contributed by atoms with Gasteiger partial charge in [-0.3, -0.25) is 0 Å². The Balaban J connectivity index is 2.53. The SMILES string of the molecule is COc1c(F)cc(C2(N=C=O)CCCC2)cc1F. The summed E-state index contributed by atoms with van der Waals surface area (Å²) in [7, 11) is 1.20. The van der Waals surface area contributed by atoms with Crippen LogP contribution in [0.2, 0.25) is 0 Å². The molecule has 3 nitrogen and oxygen atoms in total. The van der Waals surface area contributed by atoms with E-state index in [0.717, 1.165) is 12.8 Å². The van der Waals surface area contributed by atoms with Gasteiger partial charge in [-0.25, -0.2) is 13.6 Å². The topological polar surface area (TPSA) is 38.7 Å². The smallest absolute Gasteiger partial charge is 0.235 e. The normalized spacial score (nSPS) is 17.3. The molecule has 0 saturated heterocycles. The van der Waals surface area contributed by atoms with Crippen LogP contribution in [0, 0.1) is 11.6 Å². The number of methoxy groups -OCH3 is 1. The molecule has 96 valence electrons. The second-order valence-electron chi connectivity index (χ2n) is 4.41. The monoisotopic (exact) mass is 253 g/mol. The lowest BCUT2D eigenvalue weighted by Crippen LogP contribution is -2.19. The summed E-state index contributed by atoms with van der Waals surface area (Å²) in [5.74, 6) is -1.97. The minimum Gasteiger partial charge on any atom is -0.491 e. The summed E-state index contributed by atoms with van der Waals surface area (Å²) in [5.41, 5.74) is -0.449. The van der Waals surface area contributed by atoms with Crippen LogP contribution in [-0.2, 0) is 10.3 Å². The average molecular weight is 253 g/mol. The Labute approximate surface area is 103 Å². The highest BCUT2D eigenvalue weighted by molar-refractivity contribution is 5.41. The van der Waals surface area contributed by atoms with E-state index in [2.05, 4.69) is 9.73 Å². The predicted octanol–water partition coefficient (Wildman–Crippen LogP) is 3.08. The fourth-order valence-electron chi connectivity index (χ4n) is 2.54. The van der Waals surface area contributed by atoms with Gasteiger partial charge in [-0.2, -0.15) is 4.99 Å². The fourth-order valence-corrected chi connectivity index (χ4v) is 2.54. The van der Waals surface area contributed by atoms with Gasteiger partial charge in [0.25, 0.3) is 0 Å². The summed E-state index contributed by atoms with van der Waals surface area (Å²) < 4.78 is 32.0. The zero-order valence-corrected chi connectivity index (χ0v) is 10.0. The third-order valence-corrected chi connectivity index (χ3v) is 3.43. The lowest BCUT2D eigenvalue weighted by atomic mass is 9.88. The number of carbonyl (C=O) groups excluding carboxylic acids is 1. The number of rotatable bonds is 3. The van der Waals surface area contributed by atoms with Crippen molar-refractivity contribution in [2.24, 2.45) is 4.99 Å². The molecule has 0 N–H and O–H groups in total. The van der Waals surface area contributed by atoms with E-state index in [9.17, 15) is 13.6 Å². The van der Waals surface area contributed by atoms with E-state index in [1.165, 1.54) is 25.3 Å². The number of aliphatic imine (C=N–C) groups is 1. The van der Waals surface area contributed by atoms with Crippen molar-refractivity contribution in [3.8, 4) is 5.75 Å². The minimum absolute atomic E-state index is 0.374. The van der Waals surface area contributed by atoms with E-state index in [1.807, 2.05) is 0 Å². The molecular formula is C13H13F2NO2. The van der Waals surface area contributed by atoms with Crippen LogP contribution in [0.5, 0.6) is 5.75 Å². The molecule has 0 aromatic heterocycles. The first-order valence-electron chi connectivity index (χ1n) is 5.75. The number of isocyanates is 1. The number of halogens is 2. The lowest BCUT2D eigenvalue weighted by Gasteiger charge is -2.23. The second-order valence-corrected chi connectivity index (χ2v) is 4.41. The molecule has 1 aromatic rings. The molecule has 1 fully saturated rings. The van der Waals surface area contributed by atoms with Gasteiger partial charge in [0.2, 0.25) is 6.08 Å². The maximum Gasteiger partial charge on any atom is 0.235 e. The van der Waals surface area contributed by atoms with Gasteiger partial charge < -0.3 is 4.74 Å². The van der Waals surface area contributed by atoms with Gasteiger partial charge in [0.1, 0.15) is 0 Å². The van der Waals surface area contributed by atoms with Crippen molar-refractivity contribution >= 4 is 6.08 Å². The number of hydrogen-bond acceptors (Lipinski definition) is 3. The quantitative estimate of drug-likeness (QED) is 0.613. The molecule has 0 aliphatic heterocycles. The maximum atomic E-state index is 13.7. The number of hydrogen-bond donors (Lipinski definition) is 0. The van der Waals surface area contributed by atoms with Crippen LogP contribution < -0.4 is 4.74 Å². The van der Waals surface area contributed by atoms with Gasteiger partial charge in [0.15, 0.2) is 17.4 Å². The van der Waals surface area contributed by atoms with E-state index in [4.69, 9.17) is 0 Å². The van der Waals surface area contributed by atoms with Gasteiger partial charge in [-0.15, -0.1) is 0 Å². The van der Waals surface area contributed by atoms with Gasteiger partial charge in [0, 0.05) is 0 Å². The molecule has 0 heterocycles. The Bertz CT molecular complexity index is 481. The van der Waals surface area contributed by atoms with E-state index >= 15 is 0 Å². The maximum absolute atomic E-state index is 13.7. The summed E-state index contributed by atoms with van der Waals surface area (Å²) in [6.07, 6.45) is 4.48.